The van der Waals surface area contributed by atoms with Crippen LogP contribution in [-0.4, -0.2) is 16.4 Å². The first-order valence-corrected chi connectivity index (χ1v) is 6.33. The summed E-state index contributed by atoms with van der Waals surface area (Å²) >= 11 is 5.77. The molecule has 0 spiro atoms. The van der Waals surface area contributed by atoms with Crippen molar-refractivity contribution >= 4 is 19.4 Å². The second kappa shape index (κ2) is 5.64. The minimum atomic E-state index is -4.32. The molecule has 2 N–H and O–H groups in total. The van der Waals surface area contributed by atoms with Crippen molar-refractivity contribution in [2.24, 2.45) is 0 Å². The summed E-state index contributed by atoms with van der Waals surface area (Å²) in [7, 11) is -4.32. The van der Waals surface area contributed by atoms with E-state index in [0.29, 0.717) is 17.9 Å². The lowest BCUT2D eigenvalue weighted by Gasteiger charge is -2.05. The molecule has 0 saturated heterocycles. The third kappa shape index (κ3) is 5.92. The Kier molecular flexibility index (Phi) is 4.77. The third-order valence-electron chi connectivity index (χ3n) is 1.76. The lowest BCUT2D eigenvalue weighted by atomic mass is 10.1. The summed E-state index contributed by atoms with van der Waals surface area (Å²) in [5.41, 5.74) is 1.02. The zero-order chi connectivity index (χ0) is 11.3. The predicted octanol–water partition coefficient (Wildman–Crippen LogP) is 2.38. The largest absolute Gasteiger partial charge is 0.469 e. The molecule has 0 radical (unpaired) electrons. The fourth-order valence-electron chi connectivity index (χ4n) is 1.15. The maximum Gasteiger partial charge on any atom is 0.469 e. The van der Waals surface area contributed by atoms with Gasteiger partial charge in [-0.2, -0.15) is 0 Å². The average Bonchev–Trinajstić information content (AvgIpc) is 2.11. The van der Waals surface area contributed by atoms with Crippen LogP contribution in [0.4, 0.5) is 0 Å². The van der Waals surface area contributed by atoms with Crippen LogP contribution in [0.5, 0.6) is 0 Å². The molecule has 15 heavy (non-hydrogen) atoms. The van der Waals surface area contributed by atoms with Gasteiger partial charge in [-0.1, -0.05) is 23.7 Å². The molecule has 1 rings (SSSR count). The Bertz CT molecular complexity index is 363. The van der Waals surface area contributed by atoms with Gasteiger partial charge in [0.2, 0.25) is 0 Å². The van der Waals surface area contributed by atoms with E-state index in [4.69, 9.17) is 21.4 Å². The molecular weight excluding hydrogens is 239 g/mol. The standard InChI is InChI=1S/C9H12ClO4P/c10-9-5-1-3-8(7-9)4-2-6-14-15(11,12)13/h1,3,5,7H,2,4,6H2,(H2,11,12,13). The summed E-state index contributed by atoms with van der Waals surface area (Å²) in [4.78, 5) is 16.9. The van der Waals surface area contributed by atoms with E-state index in [9.17, 15) is 4.57 Å². The zero-order valence-electron chi connectivity index (χ0n) is 7.97. The first-order valence-electron chi connectivity index (χ1n) is 4.42. The van der Waals surface area contributed by atoms with Crippen molar-refractivity contribution in [3.63, 3.8) is 0 Å². The molecule has 1 aromatic rings. The van der Waals surface area contributed by atoms with Crippen molar-refractivity contribution in [2.75, 3.05) is 6.61 Å². The Morgan fingerprint density at radius 2 is 2.13 bits per heavy atom. The number of halogens is 1. The van der Waals surface area contributed by atoms with Crippen molar-refractivity contribution in [3.8, 4) is 0 Å². The summed E-state index contributed by atoms with van der Waals surface area (Å²) in [5.74, 6) is 0. The first-order chi connectivity index (χ1) is 6.97. The highest BCUT2D eigenvalue weighted by Crippen LogP contribution is 2.35. The van der Waals surface area contributed by atoms with E-state index in [-0.39, 0.29) is 6.61 Å². The van der Waals surface area contributed by atoms with Crippen LogP contribution in [0.1, 0.15) is 12.0 Å². The van der Waals surface area contributed by atoms with Gasteiger partial charge in [0.1, 0.15) is 0 Å². The van der Waals surface area contributed by atoms with Crippen molar-refractivity contribution < 1.29 is 18.9 Å². The highest BCUT2D eigenvalue weighted by atomic mass is 35.5. The van der Waals surface area contributed by atoms with Gasteiger partial charge >= 0.3 is 7.82 Å². The highest BCUT2D eigenvalue weighted by Gasteiger charge is 2.12. The average molecular weight is 251 g/mol. The van der Waals surface area contributed by atoms with Gasteiger partial charge in [0.05, 0.1) is 6.61 Å². The van der Waals surface area contributed by atoms with Gasteiger partial charge in [0.25, 0.3) is 0 Å². The fraction of sp³-hybridized carbons (Fsp3) is 0.333. The summed E-state index contributed by atoms with van der Waals surface area (Å²) in [6.07, 6.45) is 1.23. The molecule has 0 bridgehead atoms. The van der Waals surface area contributed by atoms with Gasteiger partial charge in [-0.15, -0.1) is 0 Å². The number of phosphoric acid groups is 1. The Labute approximate surface area is 93.1 Å². The molecule has 4 nitrogen and oxygen atoms in total. The van der Waals surface area contributed by atoms with Gasteiger partial charge < -0.3 is 9.79 Å². The van der Waals surface area contributed by atoms with Crippen molar-refractivity contribution in [3.05, 3.63) is 34.9 Å². The van der Waals surface area contributed by atoms with Crippen LogP contribution in [0, 0.1) is 0 Å². The van der Waals surface area contributed by atoms with E-state index in [2.05, 4.69) is 4.52 Å². The highest BCUT2D eigenvalue weighted by molar-refractivity contribution is 7.46. The molecule has 0 heterocycles. The Hall–Kier alpha value is -0.380. The van der Waals surface area contributed by atoms with E-state index in [0.717, 1.165) is 5.56 Å². The predicted molar refractivity (Wildman–Crippen MR) is 57.8 cm³/mol. The smallest absolute Gasteiger partial charge is 0.303 e. The van der Waals surface area contributed by atoms with E-state index in [1.54, 1.807) is 6.07 Å². The topological polar surface area (TPSA) is 66.8 Å². The molecule has 0 saturated carbocycles. The number of benzene rings is 1. The van der Waals surface area contributed by atoms with E-state index in [1.165, 1.54) is 0 Å². The normalized spacial score (nSPS) is 11.7. The van der Waals surface area contributed by atoms with Crippen LogP contribution in [0.3, 0.4) is 0 Å². The molecule has 0 aliphatic rings. The Morgan fingerprint density at radius 1 is 1.40 bits per heavy atom. The Morgan fingerprint density at radius 3 is 2.73 bits per heavy atom. The minimum absolute atomic E-state index is 0.0385. The number of phosphoric ester groups is 1. The number of hydrogen-bond acceptors (Lipinski definition) is 2. The van der Waals surface area contributed by atoms with Crippen molar-refractivity contribution in [2.45, 2.75) is 12.8 Å². The quantitative estimate of drug-likeness (QED) is 0.622. The monoisotopic (exact) mass is 250 g/mol. The second-order valence-corrected chi connectivity index (χ2v) is 4.73. The van der Waals surface area contributed by atoms with Crippen LogP contribution in [0.25, 0.3) is 0 Å². The molecule has 0 atom stereocenters. The molecule has 0 aliphatic heterocycles. The molecular formula is C9H12ClO4P. The molecule has 0 aromatic heterocycles. The van der Waals surface area contributed by atoms with E-state index in [1.807, 2.05) is 18.2 Å². The van der Waals surface area contributed by atoms with E-state index < -0.39 is 7.82 Å². The molecule has 1 aromatic carbocycles. The van der Waals surface area contributed by atoms with Gasteiger partial charge in [0, 0.05) is 5.02 Å². The van der Waals surface area contributed by atoms with Gasteiger partial charge in [-0.05, 0) is 30.5 Å². The number of rotatable bonds is 5. The summed E-state index contributed by atoms with van der Waals surface area (Å²) in [6.45, 7) is 0.0385. The van der Waals surface area contributed by atoms with Crippen molar-refractivity contribution in [1.82, 2.24) is 0 Å². The van der Waals surface area contributed by atoms with Crippen LogP contribution in [0.2, 0.25) is 5.02 Å². The fourth-order valence-corrected chi connectivity index (χ4v) is 1.73. The molecule has 6 heteroatoms. The first kappa shape index (κ1) is 12.7. The van der Waals surface area contributed by atoms with Crippen LogP contribution in [0.15, 0.2) is 24.3 Å². The van der Waals surface area contributed by atoms with Crippen LogP contribution >= 0.6 is 19.4 Å². The molecule has 0 fully saturated rings. The molecule has 84 valence electrons. The third-order valence-corrected chi connectivity index (χ3v) is 2.51. The number of hydrogen-bond donors (Lipinski definition) is 2. The van der Waals surface area contributed by atoms with E-state index >= 15 is 0 Å². The minimum Gasteiger partial charge on any atom is -0.303 e. The lowest BCUT2D eigenvalue weighted by molar-refractivity contribution is 0.195. The molecule has 0 unspecified atom stereocenters. The SMILES string of the molecule is O=P(O)(O)OCCCc1cccc(Cl)c1. The maximum absolute atomic E-state index is 10.3. The summed E-state index contributed by atoms with van der Waals surface area (Å²) in [5, 5.41) is 0.656. The maximum atomic E-state index is 10.3. The van der Waals surface area contributed by atoms with Crippen LogP contribution < -0.4 is 0 Å². The summed E-state index contributed by atoms with van der Waals surface area (Å²) < 4.78 is 14.7. The van der Waals surface area contributed by atoms with Gasteiger partial charge in [-0.3, -0.25) is 4.52 Å². The number of aryl methyl sites for hydroxylation is 1. The lowest BCUT2D eigenvalue weighted by Crippen LogP contribution is -1.94. The van der Waals surface area contributed by atoms with Gasteiger partial charge in [0.15, 0.2) is 0 Å². The molecule has 0 amide bonds. The Balaban J connectivity index is 2.29. The van der Waals surface area contributed by atoms with Crippen LogP contribution in [-0.2, 0) is 15.5 Å². The van der Waals surface area contributed by atoms with Gasteiger partial charge in [-0.25, -0.2) is 4.57 Å². The van der Waals surface area contributed by atoms with Crippen molar-refractivity contribution in [1.29, 1.82) is 0 Å². The zero-order valence-corrected chi connectivity index (χ0v) is 9.62. The second-order valence-electron chi connectivity index (χ2n) is 3.06. The summed E-state index contributed by atoms with van der Waals surface area (Å²) in [6, 6.07) is 7.33. The molecule has 0 aliphatic carbocycles.